The van der Waals surface area contributed by atoms with E-state index >= 15 is 0 Å². The Morgan fingerprint density at radius 2 is 2.15 bits per heavy atom. The van der Waals surface area contributed by atoms with E-state index in [1.54, 1.807) is 28.0 Å². The van der Waals surface area contributed by atoms with Gasteiger partial charge in [-0.2, -0.15) is 5.26 Å². The molecule has 1 aliphatic carbocycles. The fourth-order valence-electron chi connectivity index (χ4n) is 3.45. The van der Waals surface area contributed by atoms with Crippen molar-refractivity contribution in [2.24, 2.45) is 5.92 Å². The van der Waals surface area contributed by atoms with Crippen LogP contribution in [0.5, 0.6) is 0 Å². The molecule has 0 saturated heterocycles. The Balaban J connectivity index is 1.99. The highest BCUT2D eigenvalue weighted by Gasteiger charge is 2.25. The summed E-state index contributed by atoms with van der Waals surface area (Å²) in [5.74, 6) is 0.636. The van der Waals surface area contributed by atoms with Gasteiger partial charge < -0.3 is 0 Å². The quantitative estimate of drug-likeness (QED) is 0.434. The van der Waals surface area contributed by atoms with Crippen molar-refractivity contribution in [3.63, 3.8) is 0 Å². The van der Waals surface area contributed by atoms with Crippen LogP contribution in [0, 0.1) is 17.2 Å². The van der Waals surface area contributed by atoms with Crippen LogP contribution in [0.2, 0.25) is 5.02 Å². The molecule has 0 radical (unpaired) electrons. The first-order valence-electron chi connectivity index (χ1n) is 8.87. The van der Waals surface area contributed by atoms with Crippen LogP contribution < -0.4 is 5.56 Å². The minimum Gasteiger partial charge on any atom is -0.268 e. The van der Waals surface area contributed by atoms with Gasteiger partial charge in [0.2, 0.25) is 0 Å². The summed E-state index contributed by atoms with van der Waals surface area (Å²) >= 11 is 8.96. The molecule has 1 aliphatic rings. The first-order valence-corrected chi connectivity index (χ1v) is 10.9. The Morgan fingerprint density at radius 1 is 1.41 bits per heavy atom. The summed E-state index contributed by atoms with van der Waals surface area (Å²) in [6.45, 7) is 4.07. The average Bonchev–Trinajstić information content (AvgIpc) is 3.00. The third-order valence-electron chi connectivity index (χ3n) is 4.85. The van der Waals surface area contributed by atoms with Crippen LogP contribution in [0.3, 0.4) is 0 Å². The lowest BCUT2D eigenvalue weighted by atomic mass is 9.89. The summed E-state index contributed by atoms with van der Waals surface area (Å²) in [6, 6.07) is 9.38. The van der Waals surface area contributed by atoms with E-state index in [2.05, 4.69) is 13.0 Å². The van der Waals surface area contributed by atoms with Gasteiger partial charge in [0.15, 0.2) is 5.16 Å². The number of benzene rings is 1. The smallest absolute Gasteiger partial charge is 0.267 e. The third kappa shape index (κ3) is 3.40. The van der Waals surface area contributed by atoms with Crippen LogP contribution in [-0.2, 0) is 12.8 Å². The maximum absolute atomic E-state index is 13.5. The van der Waals surface area contributed by atoms with Gasteiger partial charge in [-0.15, -0.1) is 11.3 Å². The zero-order chi connectivity index (χ0) is 19.1. The lowest BCUT2D eigenvalue weighted by Gasteiger charge is -2.18. The second-order valence-electron chi connectivity index (χ2n) is 6.93. The van der Waals surface area contributed by atoms with Crippen LogP contribution in [0.1, 0.15) is 30.7 Å². The van der Waals surface area contributed by atoms with Crippen LogP contribution in [0.4, 0.5) is 0 Å². The summed E-state index contributed by atoms with van der Waals surface area (Å²) in [7, 11) is 0. The number of hydrogen-bond acceptors (Lipinski definition) is 5. The predicted octanol–water partition coefficient (Wildman–Crippen LogP) is 5.23. The summed E-state index contributed by atoms with van der Waals surface area (Å²) in [4.78, 5) is 20.4. The number of thiophene rings is 1. The van der Waals surface area contributed by atoms with Crippen molar-refractivity contribution in [1.82, 2.24) is 9.55 Å². The zero-order valence-electron chi connectivity index (χ0n) is 15.0. The molecule has 0 amide bonds. The largest absolute Gasteiger partial charge is 0.268 e. The molecule has 0 saturated carbocycles. The number of aryl methyl sites for hydroxylation is 1. The van der Waals surface area contributed by atoms with Gasteiger partial charge in [0.25, 0.3) is 5.56 Å². The maximum atomic E-state index is 13.5. The van der Waals surface area contributed by atoms with Crippen molar-refractivity contribution < 1.29 is 0 Å². The van der Waals surface area contributed by atoms with E-state index in [-0.39, 0.29) is 10.8 Å². The lowest BCUT2D eigenvalue weighted by Crippen LogP contribution is -2.23. The van der Waals surface area contributed by atoms with Crippen LogP contribution >= 0.6 is 34.7 Å². The molecule has 27 heavy (non-hydrogen) atoms. The molecule has 2 heterocycles. The van der Waals surface area contributed by atoms with Crippen molar-refractivity contribution in [3.8, 4) is 11.8 Å². The number of rotatable bonds is 3. The van der Waals surface area contributed by atoms with Crippen LogP contribution in [0.25, 0.3) is 15.9 Å². The topological polar surface area (TPSA) is 58.7 Å². The first kappa shape index (κ1) is 18.5. The van der Waals surface area contributed by atoms with Gasteiger partial charge in [0.1, 0.15) is 4.83 Å². The standard InChI is InChI=1S/C20H18ClN3OS2/c1-11-3-8-15-16(9-11)27-18-17(15)19(25)24(14-6-4-13(21)5-7-14)20(23-18)26-12(2)10-22/h4-7,11-12H,3,8-9H2,1-2H3. The minimum absolute atomic E-state index is 0.0537. The lowest BCUT2D eigenvalue weighted by molar-refractivity contribution is 0.509. The maximum Gasteiger partial charge on any atom is 0.267 e. The number of halogens is 1. The normalized spacial score (nSPS) is 17.5. The highest BCUT2D eigenvalue weighted by Crippen LogP contribution is 2.37. The number of hydrogen-bond donors (Lipinski definition) is 0. The molecule has 138 valence electrons. The molecule has 4 nitrogen and oxygen atoms in total. The fraction of sp³-hybridized carbons (Fsp3) is 0.350. The van der Waals surface area contributed by atoms with Gasteiger partial charge in [-0.25, -0.2) is 4.98 Å². The van der Waals surface area contributed by atoms with E-state index in [1.165, 1.54) is 16.6 Å². The molecule has 0 N–H and O–H groups in total. The zero-order valence-corrected chi connectivity index (χ0v) is 17.4. The number of nitriles is 1. The second kappa shape index (κ2) is 7.31. The number of fused-ring (bicyclic) bond motifs is 3. The van der Waals surface area contributed by atoms with Crippen molar-refractivity contribution in [2.75, 3.05) is 0 Å². The summed E-state index contributed by atoms with van der Waals surface area (Å²) in [6.07, 6.45) is 3.03. The van der Waals surface area contributed by atoms with Gasteiger partial charge >= 0.3 is 0 Å². The highest BCUT2D eigenvalue weighted by atomic mass is 35.5. The van der Waals surface area contributed by atoms with E-state index < -0.39 is 0 Å². The number of aromatic nitrogens is 2. The molecule has 0 fully saturated rings. The Bertz CT molecular complexity index is 1110. The molecule has 2 atom stereocenters. The molecular weight excluding hydrogens is 398 g/mol. The number of nitrogens with zero attached hydrogens (tertiary/aromatic N) is 3. The van der Waals surface area contributed by atoms with Gasteiger partial charge in [0, 0.05) is 9.90 Å². The van der Waals surface area contributed by atoms with Gasteiger partial charge in [-0.05, 0) is 61.9 Å². The fourth-order valence-corrected chi connectivity index (χ4v) is 5.82. The van der Waals surface area contributed by atoms with Gasteiger partial charge in [0.05, 0.1) is 22.4 Å². The molecule has 0 bridgehead atoms. The van der Waals surface area contributed by atoms with E-state index in [1.807, 2.05) is 19.1 Å². The van der Waals surface area contributed by atoms with E-state index in [0.717, 1.165) is 40.7 Å². The Labute approximate surface area is 170 Å². The van der Waals surface area contributed by atoms with Crippen molar-refractivity contribution >= 4 is 44.9 Å². The first-order chi connectivity index (χ1) is 13.0. The van der Waals surface area contributed by atoms with Crippen molar-refractivity contribution in [3.05, 3.63) is 50.1 Å². The molecular formula is C20H18ClN3OS2. The monoisotopic (exact) mass is 415 g/mol. The van der Waals surface area contributed by atoms with Gasteiger partial charge in [-0.3, -0.25) is 9.36 Å². The van der Waals surface area contributed by atoms with Crippen molar-refractivity contribution in [1.29, 1.82) is 5.26 Å². The predicted molar refractivity (Wildman–Crippen MR) is 112 cm³/mol. The second-order valence-corrected chi connectivity index (χ2v) is 9.76. The van der Waals surface area contributed by atoms with Gasteiger partial charge in [-0.1, -0.05) is 30.3 Å². The molecule has 7 heteroatoms. The third-order valence-corrected chi connectivity index (χ3v) is 7.19. The number of thioether (sulfide) groups is 1. The molecule has 0 aliphatic heterocycles. The molecule has 4 rings (SSSR count). The van der Waals surface area contributed by atoms with Crippen molar-refractivity contribution in [2.45, 2.75) is 43.5 Å². The minimum atomic E-state index is -0.303. The summed E-state index contributed by atoms with van der Waals surface area (Å²) < 4.78 is 1.63. The summed E-state index contributed by atoms with van der Waals surface area (Å²) in [5, 5.41) is 10.8. The SMILES string of the molecule is CC1CCc2c(sc3nc(SC(C)C#N)n(-c4ccc(Cl)cc4)c(=O)c23)C1. The van der Waals surface area contributed by atoms with Crippen LogP contribution in [0.15, 0.2) is 34.2 Å². The molecule has 2 aromatic heterocycles. The summed E-state index contributed by atoms with van der Waals surface area (Å²) in [5.41, 5.74) is 1.83. The molecule has 0 spiro atoms. The average molecular weight is 416 g/mol. The van der Waals surface area contributed by atoms with E-state index in [4.69, 9.17) is 16.6 Å². The Hall–Kier alpha value is -1.81. The molecule has 1 aromatic carbocycles. The van der Waals surface area contributed by atoms with E-state index in [9.17, 15) is 10.1 Å². The highest BCUT2D eigenvalue weighted by molar-refractivity contribution is 8.00. The van der Waals surface area contributed by atoms with Crippen LogP contribution in [-0.4, -0.2) is 14.8 Å². The van der Waals surface area contributed by atoms with E-state index in [0.29, 0.717) is 16.1 Å². The Morgan fingerprint density at radius 3 is 2.85 bits per heavy atom. The Kier molecular flexibility index (Phi) is 5.02. The molecule has 3 aromatic rings. The molecule has 2 unspecified atom stereocenters.